The molecule has 0 saturated carbocycles. The molecule has 1 atom stereocenters. The Morgan fingerprint density at radius 3 is 2.75 bits per heavy atom. The summed E-state index contributed by atoms with van der Waals surface area (Å²) in [6.45, 7) is 6.26. The summed E-state index contributed by atoms with van der Waals surface area (Å²) in [6.07, 6.45) is 0. The summed E-state index contributed by atoms with van der Waals surface area (Å²) in [5, 5.41) is 13.5. The molecule has 0 heterocycles. The van der Waals surface area contributed by atoms with E-state index >= 15 is 0 Å². The predicted molar refractivity (Wildman–Crippen MR) is 72.6 cm³/mol. The summed E-state index contributed by atoms with van der Waals surface area (Å²) in [6, 6.07) is 3.38. The summed E-state index contributed by atoms with van der Waals surface area (Å²) < 4.78 is 0.846. The molecule has 0 radical (unpaired) electrons. The maximum absolute atomic E-state index is 9.82. The van der Waals surface area contributed by atoms with E-state index in [1.807, 2.05) is 6.92 Å². The molecule has 1 unspecified atom stereocenters. The number of hydrogen-bond acceptors (Lipinski definition) is 2. The van der Waals surface area contributed by atoms with Crippen LogP contribution in [0.25, 0.3) is 0 Å². The van der Waals surface area contributed by atoms with Gasteiger partial charge in [0.15, 0.2) is 0 Å². The van der Waals surface area contributed by atoms with Crippen molar-refractivity contribution in [1.82, 2.24) is 5.32 Å². The van der Waals surface area contributed by atoms with Gasteiger partial charge in [0.05, 0.1) is 5.02 Å². The minimum atomic E-state index is -0.0379. The van der Waals surface area contributed by atoms with Crippen molar-refractivity contribution in [3.63, 3.8) is 0 Å². The summed E-state index contributed by atoms with van der Waals surface area (Å²) in [4.78, 5) is 0. The van der Waals surface area contributed by atoms with E-state index in [1.54, 1.807) is 12.1 Å². The summed E-state index contributed by atoms with van der Waals surface area (Å²) in [5.41, 5.74) is 0.711. The van der Waals surface area contributed by atoms with Crippen molar-refractivity contribution >= 4 is 39.1 Å². The number of halogens is 3. The zero-order chi connectivity index (χ0) is 12.3. The monoisotopic (exact) mass is 323 g/mol. The van der Waals surface area contributed by atoms with Crippen molar-refractivity contribution in [2.24, 2.45) is 0 Å². The molecule has 0 saturated heterocycles. The SMILES string of the molecule is C=C(Br)CNC(C)c1ccc(Cl)c(Cl)c1O. The molecule has 0 aliphatic rings. The van der Waals surface area contributed by atoms with Gasteiger partial charge in [-0.25, -0.2) is 0 Å². The maximum Gasteiger partial charge on any atom is 0.140 e. The lowest BCUT2D eigenvalue weighted by Gasteiger charge is -2.16. The second kappa shape index (κ2) is 5.92. The molecule has 16 heavy (non-hydrogen) atoms. The molecule has 0 amide bonds. The Kier molecular flexibility index (Phi) is 5.12. The highest BCUT2D eigenvalue weighted by Gasteiger charge is 2.14. The van der Waals surface area contributed by atoms with Gasteiger partial charge < -0.3 is 10.4 Å². The van der Waals surface area contributed by atoms with Gasteiger partial charge in [0.1, 0.15) is 10.8 Å². The number of benzene rings is 1. The normalized spacial score (nSPS) is 12.5. The van der Waals surface area contributed by atoms with Crippen molar-refractivity contribution in [3.05, 3.63) is 38.8 Å². The lowest BCUT2D eigenvalue weighted by molar-refractivity contribution is 0.456. The average Bonchev–Trinajstić information content (AvgIpc) is 2.23. The minimum Gasteiger partial charge on any atom is -0.506 e. The van der Waals surface area contributed by atoms with E-state index in [4.69, 9.17) is 23.2 Å². The van der Waals surface area contributed by atoms with Crippen LogP contribution in [0.15, 0.2) is 23.2 Å². The Hall–Kier alpha value is -0.220. The fourth-order valence-electron chi connectivity index (χ4n) is 1.28. The Morgan fingerprint density at radius 1 is 1.56 bits per heavy atom. The molecule has 1 rings (SSSR count). The Bertz CT molecular complexity index is 409. The average molecular weight is 325 g/mol. The Balaban J connectivity index is 2.87. The first-order chi connectivity index (χ1) is 7.43. The van der Waals surface area contributed by atoms with E-state index in [1.165, 1.54) is 0 Å². The van der Waals surface area contributed by atoms with Crippen LogP contribution < -0.4 is 5.32 Å². The van der Waals surface area contributed by atoms with Gasteiger partial charge in [0.25, 0.3) is 0 Å². The molecule has 5 heteroatoms. The zero-order valence-electron chi connectivity index (χ0n) is 8.73. The highest BCUT2D eigenvalue weighted by Crippen LogP contribution is 2.36. The number of aromatic hydroxyl groups is 1. The molecule has 0 aromatic heterocycles. The molecule has 0 bridgehead atoms. The van der Waals surface area contributed by atoms with Gasteiger partial charge in [-0.15, -0.1) is 0 Å². The van der Waals surface area contributed by atoms with Gasteiger partial charge >= 0.3 is 0 Å². The quantitative estimate of drug-likeness (QED) is 0.867. The van der Waals surface area contributed by atoms with Gasteiger partial charge in [-0.3, -0.25) is 0 Å². The molecule has 0 aliphatic carbocycles. The number of hydrogen-bond donors (Lipinski definition) is 2. The fraction of sp³-hybridized carbons (Fsp3) is 0.273. The molecular formula is C11H12BrCl2NO. The van der Waals surface area contributed by atoms with Crippen molar-refractivity contribution in [1.29, 1.82) is 0 Å². The summed E-state index contributed by atoms with van der Waals surface area (Å²) >= 11 is 14.9. The molecule has 2 N–H and O–H groups in total. The van der Waals surface area contributed by atoms with Crippen molar-refractivity contribution in [2.75, 3.05) is 6.54 Å². The van der Waals surface area contributed by atoms with Crippen LogP contribution >= 0.6 is 39.1 Å². The number of phenolic OH excluding ortho intramolecular Hbond substituents is 1. The third-order valence-corrected chi connectivity index (χ3v) is 3.24. The molecule has 0 aliphatic heterocycles. The second-order valence-electron chi connectivity index (χ2n) is 3.42. The van der Waals surface area contributed by atoms with Gasteiger partial charge in [-0.1, -0.05) is 51.8 Å². The predicted octanol–water partition coefficient (Wildman–Crippen LogP) is 4.26. The van der Waals surface area contributed by atoms with E-state index in [-0.39, 0.29) is 16.8 Å². The van der Waals surface area contributed by atoms with Crippen LogP contribution in [0.5, 0.6) is 5.75 Å². The lowest BCUT2D eigenvalue weighted by Crippen LogP contribution is -2.19. The smallest absolute Gasteiger partial charge is 0.140 e. The molecule has 0 spiro atoms. The van der Waals surface area contributed by atoms with E-state index < -0.39 is 0 Å². The largest absolute Gasteiger partial charge is 0.506 e. The van der Waals surface area contributed by atoms with Gasteiger partial charge in [-0.2, -0.15) is 0 Å². The van der Waals surface area contributed by atoms with Crippen LogP contribution in [0.2, 0.25) is 10.0 Å². The van der Waals surface area contributed by atoms with Crippen molar-refractivity contribution < 1.29 is 5.11 Å². The van der Waals surface area contributed by atoms with Gasteiger partial charge in [0, 0.05) is 22.6 Å². The summed E-state index contributed by atoms with van der Waals surface area (Å²) in [7, 11) is 0. The number of rotatable bonds is 4. The fourth-order valence-corrected chi connectivity index (χ4v) is 1.76. The van der Waals surface area contributed by atoms with Gasteiger partial charge in [-0.05, 0) is 13.0 Å². The molecule has 1 aromatic carbocycles. The first-order valence-electron chi connectivity index (χ1n) is 4.67. The lowest BCUT2D eigenvalue weighted by atomic mass is 10.1. The van der Waals surface area contributed by atoms with E-state index in [0.717, 1.165) is 4.48 Å². The van der Waals surface area contributed by atoms with Crippen molar-refractivity contribution in [3.8, 4) is 5.75 Å². The van der Waals surface area contributed by atoms with Crippen LogP contribution in [0.3, 0.4) is 0 Å². The molecular weight excluding hydrogens is 313 g/mol. The van der Waals surface area contributed by atoms with Crippen LogP contribution in [0.4, 0.5) is 0 Å². The third kappa shape index (κ3) is 3.39. The van der Waals surface area contributed by atoms with E-state index in [9.17, 15) is 5.11 Å². The number of nitrogens with one attached hydrogen (secondary N) is 1. The van der Waals surface area contributed by atoms with Gasteiger partial charge in [0.2, 0.25) is 0 Å². The standard InChI is InChI=1S/C11H12BrCl2NO/c1-6(12)5-15-7(2)8-3-4-9(13)10(14)11(8)16/h3-4,7,15-16H,1,5H2,2H3. The number of phenols is 1. The molecule has 2 nitrogen and oxygen atoms in total. The van der Waals surface area contributed by atoms with E-state index in [2.05, 4.69) is 27.8 Å². The van der Waals surface area contributed by atoms with Crippen LogP contribution in [-0.2, 0) is 0 Å². The first kappa shape index (κ1) is 13.8. The highest BCUT2D eigenvalue weighted by atomic mass is 79.9. The minimum absolute atomic E-state index is 0.0225. The molecule has 1 aromatic rings. The summed E-state index contributed by atoms with van der Waals surface area (Å²) in [5.74, 6) is 0.0225. The molecule has 88 valence electrons. The zero-order valence-corrected chi connectivity index (χ0v) is 11.8. The second-order valence-corrected chi connectivity index (χ2v) is 5.33. The molecule has 0 fully saturated rings. The van der Waals surface area contributed by atoms with E-state index in [0.29, 0.717) is 17.1 Å². The third-order valence-electron chi connectivity index (χ3n) is 2.17. The van der Waals surface area contributed by atoms with Crippen LogP contribution in [0.1, 0.15) is 18.5 Å². The highest BCUT2D eigenvalue weighted by molar-refractivity contribution is 9.11. The topological polar surface area (TPSA) is 32.3 Å². The Labute approximate surface area is 113 Å². The van der Waals surface area contributed by atoms with Crippen LogP contribution in [-0.4, -0.2) is 11.7 Å². The Morgan fingerprint density at radius 2 is 2.19 bits per heavy atom. The first-order valence-corrected chi connectivity index (χ1v) is 6.22. The maximum atomic E-state index is 9.82. The van der Waals surface area contributed by atoms with Crippen LogP contribution in [0, 0.1) is 0 Å². The van der Waals surface area contributed by atoms with Crippen molar-refractivity contribution in [2.45, 2.75) is 13.0 Å².